The van der Waals surface area contributed by atoms with Crippen molar-refractivity contribution in [3.63, 3.8) is 0 Å². The van der Waals surface area contributed by atoms with Gasteiger partial charge in [-0.2, -0.15) is 22.0 Å². The number of hydrogen-bond acceptors (Lipinski definition) is 6. The summed E-state index contributed by atoms with van der Waals surface area (Å²) in [6.45, 7) is 3.82. The minimum Gasteiger partial charge on any atom is -0.478 e. The van der Waals surface area contributed by atoms with E-state index in [-0.39, 0.29) is 30.1 Å². The van der Waals surface area contributed by atoms with Crippen LogP contribution in [0.4, 0.5) is 27.6 Å². The number of carboxylic acids is 1. The van der Waals surface area contributed by atoms with Crippen LogP contribution in [0.1, 0.15) is 17.0 Å². The third-order valence-electron chi connectivity index (χ3n) is 6.01. The monoisotopic (exact) mass is 536 g/mol. The van der Waals surface area contributed by atoms with Crippen LogP contribution in [0.5, 0.6) is 0 Å². The van der Waals surface area contributed by atoms with Crippen molar-refractivity contribution in [1.82, 2.24) is 24.5 Å². The summed E-state index contributed by atoms with van der Waals surface area (Å²) in [6.07, 6.45) is -3.35. The zero-order valence-corrected chi connectivity index (χ0v) is 20.1. The summed E-state index contributed by atoms with van der Waals surface area (Å²) >= 11 is 0. The van der Waals surface area contributed by atoms with E-state index in [0.29, 0.717) is 35.4 Å². The highest BCUT2D eigenvalue weighted by Gasteiger charge is 2.37. The van der Waals surface area contributed by atoms with Crippen LogP contribution in [0, 0.1) is 6.92 Å². The highest BCUT2D eigenvalue weighted by molar-refractivity contribution is 5.91. The maximum Gasteiger partial charge on any atom is 0.417 e. The van der Waals surface area contributed by atoms with Crippen molar-refractivity contribution in [2.75, 3.05) is 18.0 Å². The van der Waals surface area contributed by atoms with E-state index in [1.54, 1.807) is 6.92 Å². The summed E-state index contributed by atoms with van der Waals surface area (Å²) in [5, 5.41) is 17.1. The molecule has 9 nitrogen and oxygen atoms in total. The van der Waals surface area contributed by atoms with Crippen molar-refractivity contribution in [2.45, 2.75) is 25.6 Å². The number of aromatic nitrogens is 5. The molecule has 0 fully saturated rings. The van der Waals surface area contributed by atoms with E-state index in [4.69, 9.17) is 0 Å². The summed E-state index contributed by atoms with van der Waals surface area (Å²) in [7, 11) is 1.50. The first-order chi connectivity index (χ1) is 17.7. The Balaban J connectivity index is 1.67. The minimum absolute atomic E-state index is 0.125. The van der Waals surface area contributed by atoms with Crippen molar-refractivity contribution in [3.05, 3.63) is 81.6 Å². The summed E-state index contributed by atoms with van der Waals surface area (Å²) < 4.78 is 70.4. The van der Waals surface area contributed by atoms with Gasteiger partial charge in [-0.3, -0.25) is 4.79 Å². The number of halogens is 5. The van der Waals surface area contributed by atoms with Gasteiger partial charge in [0.1, 0.15) is 5.69 Å². The zero-order valence-electron chi connectivity index (χ0n) is 20.1. The molecule has 1 aliphatic heterocycles. The summed E-state index contributed by atoms with van der Waals surface area (Å²) in [4.78, 5) is 29.2. The Morgan fingerprint density at radius 2 is 1.92 bits per heavy atom. The Bertz CT molecular complexity index is 1520. The van der Waals surface area contributed by atoms with Crippen LogP contribution in [0.3, 0.4) is 0 Å². The van der Waals surface area contributed by atoms with Crippen LogP contribution in [0.15, 0.2) is 59.1 Å². The largest absolute Gasteiger partial charge is 0.478 e. The number of aliphatic carboxylic acids is 1. The number of pyridine rings is 2. The topological polar surface area (TPSA) is 106 Å². The van der Waals surface area contributed by atoms with Crippen molar-refractivity contribution in [3.8, 4) is 11.4 Å². The number of anilines is 1. The van der Waals surface area contributed by atoms with E-state index in [1.807, 2.05) is 0 Å². The fourth-order valence-electron chi connectivity index (χ4n) is 4.11. The molecule has 200 valence electrons. The molecule has 0 amide bonds. The molecule has 0 unspecified atom stereocenters. The number of carbonyl (C=O) groups is 1. The lowest BCUT2D eigenvalue weighted by molar-refractivity contribution is -0.138. The van der Waals surface area contributed by atoms with Crippen LogP contribution in [-0.4, -0.2) is 54.6 Å². The van der Waals surface area contributed by atoms with E-state index < -0.39 is 41.3 Å². The molecule has 0 bridgehead atoms. The van der Waals surface area contributed by atoms with E-state index in [1.165, 1.54) is 28.8 Å². The Kier molecular flexibility index (Phi) is 6.68. The third kappa shape index (κ3) is 5.33. The van der Waals surface area contributed by atoms with Gasteiger partial charge in [0.2, 0.25) is 0 Å². The van der Waals surface area contributed by atoms with Gasteiger partial charge in [0, 0.05) is 25.9 Å². The van der Waals surface area contributed by atoms with Crippen LogP contribution in [0.2, 0.25) is 0 Å². The molecule has 0 spiro atoms. The minimum atomic E-state index is -4.64. The molecule has 4 rings (SSSR count). The molecule has 4 heterocycles. The van der Waals surface area contributed by atoms with Gasteiger partial charge in [-0.25, -0.2) is 14.5 Å². The molecular formula is C24H21F5N6O3. The number of aryl methyl sites for hydroxylation is 2. The van der Waals surface area contributed by atoms with Gasteiger partial charge in [-0.05, 0) is 36.8 Å². The molecule has 0 aliphatic carbocycles. The summed E-state index contributed by atoms with van der Waals surface area (Å²) in [5.74, 6) is -4.72. The summed E-state index contributed by atoms with van der Waals surface area (Å²) in [6, 6.07) is 4.50. The quantitative estimate of drug-likeness (QED) is 0.380. The van der Waals surface area contributed by atoms with Crippen molar-refractivity contribution in [1.29, 1.82) is 0 Å². The van der Waals surface area contributed by atoms with E-state index in [9.17, 15) is 36.6 Å². The molecule has 3 aromatic heterocycles. The highest BCUT2D eigenvalue weighted by atomic mass is 19.4. The van der Waals surface area contributed by atoms with Gasteiger partial charge in [0.15, 0.2) is 0 Å². The van der Waals surface area contributed by atoms with Crippen LogP contribution < -0.4 is 10.5 Å². The zero-order chi connectivity index (χ0) is 28.0. The first kappa shape index (κ1) is 26.7. The molecule has 0 saturated carbocycles. The molecule has 0 aromatic carbocycles. The fraction of sp³-hybridized carbons (Fsp3) is 0.292. The van der Waals surface area contributed by atoms with Gasteiger partial charge in [0.05, 0.1) is 47.0 Å². The number of rotatable bonds is 6. The van der Waals surface area contributed by atoms with Gasteiger partial charge >= 0.3 is 12.1 Å². The predicted molar refractivity (Wildman–Crippen MR) is 126 cm³/mol. The summed E-state index contributed by atoms with van der Waals surface area (Å²) in [5.41, 5.74) is -0.861. The SMILES string of the molecule is C=C(C(=O)O)C1=CC(F)(F)CN(c2ccc(-c3nnn(C)c3Cn3cc(C(F)(F)F)ccc3=O)nc2C)C1. The Labute approximate surface area is 212 Å². The van der Waals surface area contributed by atoms with Gasteiger partial charge in [-0.15, -0.1) is 5.10 Å². The van der Waals surface area contributed by atoms with Crippen LogP contribution in [-0.2, 0) is 24.6 Å². The third-order valence-corrected chi connectivity index (χ3v) is 6.01. The van der Waals surface area contributed by atoms with Crippen molar-refractivity contribution in [2.24, 2.45) is 7.05 Å². The Morgan fingerprint density at radius 1 is 1.21 bits per heavy atom. The fourth-order valence-corrected chi connectivity index (χ4v) is 4.11. The Hall–Kier alpha value is -4.36. The van der Waals surface area contributed by atoms with Crippen LogP contribution >= 0.6 is 0 Å². The second-order valence-electron chi connectivity index (χ2n) is 8.76. The lowest BCUT2D eigenvalue weighted by atomic mass is 9.99. The Morgan fingerprint density at radius 3 is 2.55 bits per heavy atom. The average molecular weight is 536 g/mol. The highest BCUT2D eigenvalue weighted by Crippen LogP contribution is 2.33. The number of nitrogens with zero attached hydrogens (tertiary/aromatic N) is 6. The normalized spacial score (nSPS) is 15.3. The first-order valence-electron chi connectivity index (χ1n) is 11.1. The first-order valence-corrected chi connectivity index (χ1v) is 11.1. The lowest BCUT2D eigenvalue weighted by Gasteiger charge is -2.34. The average Bonchev–Trinajstić information content (AvgIpc) is 3.17. The molecule has 3 aromatic rings. The number of hydrogen-bond donors (Lipinski definition) is 1. The van der Waals surface area contributed by atoms with Crippen LogP contribution in [0.25, 0.3) is 11.4 Å². The predicted octanol–water partition coefficient (Wildman–Crippen LogP) is 3.44. The van der Waals surface area contributed by atoms with Gasteiger partial charge in [-0.1, -0.05) is 11.8 Å². The van der Waals surface area contributed by atoms with E-state index in [0.717, 1.165) is 10.6 Å². The van der Waals surface area contributed by atoms with E-state index >= 15 is 0 Å². The molecule has 38 heavy (non-hydrogen) atoms. The maximum absolute atomic E-state index is 14.4. The number of alkyl halides is 5. The van der Waals surface area contributed by atoms with Gasteiger partial charge < -0.3 is 14.6 Å². The molecule has 1 N–H and O–H groups in total. The molecule has 14 heteroatoms. The second-order valence-corrected chi connectivity index (χ2v) is 8.76. The molecular weight excluding hydrogens is 515 g/mol. The molecule has 0 radical (unpaired) electrons. The number of carboxylic acid groups (broad SMARTS) is 1. The lowest BCUT2D eigenvalue weighted by Crippen LogP contribution is -2.42. The van der Waals surface area contributed by atoms with Crippen molar-refractivity contribution >= 4 is 11.7 Å². The molecule has 0 atom stereocenters. The molecule has 0 saturated heterocycles. The van der Waals surface area contributed by atoms with Crippen molar-refractivity contribution < 1.29 is 31.9 Å². The maximum atomic E-state index is 14.4. The molecule has 1 aliphatic rings. The smallest absolute Gasteiger partial charge is 0.417 e. The standard InChI is InChI=1S/C24H21F5N6O3/c1-13(22(37)38)15-8-23(25,26)12-35(9-15)18-6-5-17(30-14(18)2)21-19(33(3)32-31-21)11-34-10-16(24(27,28)29)4-7-20(34)36/h4-8,10H,1,9,11-12H2,2-3H3,(H,37,38). The second kappa shape index (κ2) is 9.50. The van der Waals surface area contributed by atoms with Gasteiger partial charge in [0.25, 0.3) is 11.5 Å². The van der Waals surface area contributed by atoms with E-state index in [2.05, 4.69) is 21.9 Å².